The number of nitrogens with one attached hydrogen (secondary N) is 1. The molecule has 232 valence electrons. The van der Waals surface area contributed by atoms with E-state index in [2.05, 4.69) is 30.1 Å². The highest BCUT2D eigenvalue weighted by molar-refractivity contribution is 7.73. The number of carboxylic acids is 2. The summed E-state index contributed by atoms with van der Waals surface area (Å²) in [6.45, 7) is 1.21. The molecule has 0 aliphatic carbocycles. The zero-order valence-corrected chi connectivity index (χ0v) is 23.6. The second-order valence-corrected chi connectivity index (χ2v) is 9.87. The number of carbonyl (C=O) groups excluding carboxylic acids is 2. The van der Waals surface area contributed by atoms with E-state index in [1.807, 2.05) is 4.90 Å². The minimum absolute atomic E-state index is 0.0129. The standard InChI is InChI=1S/C24H30N8O10S/c33-15-41-10-8-21(24(37)38)31-13-19(25-28-31)11-30(9-7-17-1-3-18(4-2-17)27-43(39)40)12-20-14-32(29-26-20)22(42-16-34)5-6-23(35)36/h1-4,13-16,21-22,43H,5-12H2,(H,35,36)(H,37,38)(H,27,39,40)/t21-,22+/m0/s1. The summed E-state index contributed by atoms with van der Waals surface area (Å²) >= 11 is 0. The quantitative estimate of drug-likeness (QED) is 0.0682. The Morgan fingerprint density at radius 2 is 1.63 bits per heavy atom. The van der Waals surface area contributed by atoms with Crippen LogP contribution in [0.4, 0.5) is 5.69 Å². The molecule has 0 amide bonds. The monoisotopic (exact) mass is 622 g/mol. The first-order valence-electron chi connectivity index (χ1n) is 12.8. The molecule has 0 saturated heterocycles. The number of carbonyl (C=O) groups is 4. The van der Waals surface area contributed by atoms with Crippen molar-refractivity contribution in [1.82, 2.24) is 34.9 Å². The molecule has 0 radical (unpaired) electrons. The molecule has 0 aliphatic rings. The summed E-state index contributed by atoms with van der Waals surface area (Å²) in [4.78, 5) is 46.0. The highest BCUT2D eigenvalue weighted by Crippen LogP contribution is 2.17. The molecule has 0 saturated carbocycles. The number of thiol groups is 1. The molecule has 19 heteroatoms. The summed E-state index contributed by atoms with van der Waals surface area (Å²) in [6, 6.07) is 5.70. The van der Waals surface area contributed by atoms with Crippen LogP contribution in [0.5, 0.6) is 0 Å². The first-order valence-corrected chi connectivity index (χ1v) is 14.0. The van der Waals surface area contributed by atoms with Crippen molar-refractivity contribution in [3.8, 4) is 0 Å². The predicted octanol–water partition coefficient (Wildman–Crippen LogP) is -0.222. The lowest BCUT2D eigenvalue weighted by Gasteiger charge is -2.20. The van der Waals surface area contributed by atoms with Gasteiger partial charge in [0.2, 0.25) is 10.9 Å². The van der Waals surface area contributed by atoms with E-state index in [1.165, 1.54) is 21.8 Å². The van der Waals surface area contributed by atoms with Crippen LogP contribution in [0.3, 0.4) is 0 Å². The van der Waals surface area contributed by atoms with Gasteiger partial charge in [0.15, 0.2) is 12.3 Å². The fourth-order valence-electron chi connectivity index (χ4n) is 4.05. The Kier molecular flexibility index (Phi) is 12.5. The number of anilines is 1. The summed E-state index contributed by atoms with van der Waals surface area (Å²) in [6.07, 6.45) is 2.29. The Balaban J connectivity index is 1.77. The number of aliphatic carboxylic acids is 2. The molecule has 0 unspecified atom stereocenters. The van der Waals surface area contributed by atoms with Gasteiger partial charge in [-0.1, -0.05) is 22.6 Å². The molecule has 3 aromatic rings. The van der Waals surface area contributed by atoms with Gasteiger partial charge in [0.1, 0.15) is 0 Å². The van der Waals surface area contributed by atoms with Crippen molar-refractivity contribution in [2.24, 2.45) is 0 Å². The van der Waals surface area contributed by atoms with Gasteiger partial charge in [-0.25, -0.2) is 22.6 Å². The molecule has 43 heavy (non-hydrogen) atoms. The zero-order valence-electron chi connectivity index (χ0n) is 22.7. The largest absolute Gasteiger partial charge is 0.481 e. The summed E-state index contributed by atoms with van der Waals surface area (Å²) in [7, 11) is -2.79. The van der Waals surface area contributed by atoms with E-state index in [9.17, 15) is 32.7 Å². The van der Waals surface area contributed by atoms with Gasteiger partial charge >= 0.3 is 11.9 Å². The molecular formula is C24H30N8O10S. The van der Waals surface area contributed by atoms with Crippen molar-refractivity contribution in [3.63, 3.8) is 0 Å². The second-order valence-electron chi connectivity index (χ2n) is 9.14. The van der Waals surface area contributed by atoms with Gasteiger partial charge in [-0.2, -0.15) is 0 Å². The summed E-state index contributed by atoms with van der Waals surface area (Å²) in [5.41, 5.74) is 2.23. The second kappa shape index (κ2) is 16.5. The van der Waals surface area contributed by atoms with Gasteiger partial charge in [-0.3, -0.25) is 24.0 Å². The number of benzene rings is 1. The van der Waals surface area contributed by atoms with Crippen LogP contribution < -0.4 is 4.72 Å². The number of nitrogens with zero attached hydrogens (tertiary/aromatic N) is 7. The molecule has 2 atom stereocenters. The fourth-order valence-corrected chi connectivity index (χ4v) is 4.41. The molecule has 0 bridgehead atoms. The number of hydrogen-bond acceptors (Lipinski definition) is 13. The topological polar surface area (TPSA) is 238 Å². The number of rotatable bonds is 21. The van der Waals surface area contributed by atoms with E-state index in [1.54, 1.807) is 24.3 Å². The molecule has 2 aromatic heterocycles. The SMILES string of the molecule is O=COCC[C@@H](C(=O)O)n1cc(CN(CCc2ccc(N[SH](=O)=O)cc2)Cc2cn([C@@H](CCC(=O)O)OC=O)nn2)nn1. The van der Waals surface area contributed by atoms with Crippen LogP contribution in [0.15, 0.2) is 36.7 Å². The van der Waals surface area contributed by atoms with Crippen LogP contribution in [-0.4, -0.2) is 91.6 Å². The number of hydrogen-bond donors (Lipinski definition) is 4. The Bertz CT molecular complexity index is 1430. The molecule has 0 aliphatic heterocycles. The molecule has 2 heterocycles. The summed E-state index contributed by atoms with van der Waals surface area (Å²) in [5, 5.41) is 34.7. The molecule has 0 fully saturated rings. The lowest BCUT2D eigenvalue weighted by Crippen LogP contribution is -2.26. The van der Waals surface area contributed by atoms with Gasteiger partial charge in [0.25, 0.3) is 12.9 Å². The van der Waals surface area contributed by atoms with Crippen molar-refractivity contribution < 1.29 is 47.3 Å². The predicted molar refractivity (Wildman–Crippen MR) is 145 cm³/mol. The van der Waals surface area contributed by atoms with Gasteiger partial charge < -0.3 is 19.7 Å². The summed E-state index contributed by atoms with van der Waals surface area (Å²) in [5.74, 6) is -2.24. The van der Waals surface area contributed by atoms with Crippen molar-refractivity contribution in [1.29, 1.82) is 0 Å². The van der Waals surface area contributed by atoms with Crippen LogP contribution in [0.25, 0.3) is 0 Å². The van der Waals surface area contributed by atoms with Crippen molar-refractivity contribution in [2.75, 3.05) is 17.9 Å². The van der Waals surface area contributed by atoms with Crippen LogP contribution in [0.1, 0.15) is 48.5 Å². The molecule has 18 nitrogen and oxygen atoms in total. The van der Waals surface area contributed by atoms with Gasteiger partial charge in [-0.05, 0) is 24.1 Å². The Morgan fingerprint density at radius 1 is 0.977 bits per heavy atom. The van der Waals surface area contributed by atoms with Crippen molar-refractivity contribution in [2.45, 2.75) is 51.0 Å². The highest BCUT2D eigenvalue weighted by Gasteiger charge is 2.23. The van der Waals surface area contributed by atoms with E-state index >= 15 is 0 Å². The van der Waals surface area contributed by atoms with E-state index < -0.39 is 35.1 Å². The van der Waals surface area contributed by atoms with Gasteiger partial charge in [0.05, 0.1) is 36.8 Å². The normalized spacial score (nSPS) is 12.5. The molecule has 3 rings (SSSR count). The lowest BCUT2D eigenvalue weighted by atomic mass is 10.1. The summed E-state index contributed by atoms with van der Waals surface area (Å²) < 4.78 is 36.1. The maximum absolute atomic E-state index is 11.7. The number of ether oxygens (including phenoxy) is 2. The van der Waals surface area contributed by atoms with Gasteiger partial charge in [0, 0.05) is 38.2 Å². The zero-order chi connectivity index (χ0) is 31.2. The Labute approximate surface area is 246 Å². The smallest absolute Gasteiger partial charge is 0.328 e. The van der Waals surface area contributed by atoms with Crippen LogP contribution in [0, 0.1) is 0 Å². The van der Waals surface area contributed by atoms with E-state index in [0.717, 1.165) is 5.56 Å². The van der Waals surface area contributed by atoms with Gasteiger partial charge in [-0.15, -0.1) is 10.2 Å². The van der Waals surface area contributed by atoms with Crippen LogP contribution in [-0.2, 0) is 59.1 Å². The van der Waals surface area contributed by atoms with Crippen molar-refractivity contribution in [3.05, 3.63) is 53.6 Å². The van der Waals surface area contributed by atoms with Crippen molar-refractivity contribution >= 4 is 41.5 Å². The lowest BCUT2D eigenvalue weighted by molar-refractivity contribution is -0.144. The third kappa shape index (κ3) is 10.8. The molecular weight excluding hydrogens is 592 g/mol. The molecule has 0 spiro atoms. The average Bonchev–Trinajstić information content (AvgIpc) is 3.62. The fraction of sp³-hybridized carbons (Fsp3) is 0.417. The first-order chi connectivity index (χ1) is 20.7. The molecule has 3 N–H and O–H groups in total. The number of carboxylic acid groups (broad SMARTS) is 2. The maximum Gasteiger partial charge on any atom is 0.328 e. The average molecular weight is 623 g/mol. The van der Waals surface area contributed by atoms with E-state index in [4.69, 9.17) is 9.84 Å². The number of aromatic nitrogens is 6. The van der Waals surface area contributed by atoms with Crippen LogP contribution >= 0.6 is 0 Å². The minimum atomic E-state index is -2.79. The third-order valence-corrected chi connectivity index (χ3v) is 6.51. The van der Waals surface area contributed by atoms with Crippen LogP contribution in [0.2, 0.25) is 0 Å². The first kappa shape index (κ1) is 32.6. The molecule has 1 aromatic carbocycles. The Hall–Kier alpha value is -4.91. The Morgan fingerprint density at radius 3 is 2.21 bits per heavy atom. The third-order valence-electron chi connectivity index (χ3n) is 6.07. The van der Waals surface area contributed by atoms with E-state index in [0.29, 0.717) is 30.0 Å². The highest BCUT2D eigenvalue weighted by atomic mass is 32.2. The maximum atomic E-state index is 11.7. The van der Waals surface area contributed by atoms with E-state index in [-0.39, 0.29) is 51.9 Å². The minimum Gasteiger partial charge on any atom is -0.481 e.